The molecule has 0 radical (unpaired) electrons. The van der Waals surface area contributed by atoms with Crippen LogP contribution in [0, 0.1) is 5.92 Å². The molecule has 1 atom stereocenters. The molecule has 1 aromatic carbocycles. The van der Waals surface area contributed by atoms with Crippen molar-refractivity contribution < 1.29 is 31.9 Å². The second-order valence-corrected chi connectivity index (χ2v) is 10.4. The molecule has 1 saturated heterocycles. The van der Waals surface area contributed by atoms with E-state index < -0.39 is 21.9 Å². The van der Waals surface area contributed by atoms with Gasteiger partial charge in [0.2, 0.25) is 5.82 Å². The van der Waals surface area contributed by atoms with Crippen molar-refractivity contribution in [2.24, 2.45) is 5.92 Å². The van der Waals surface area contributed by atoms with Crippen LogP contribution >= 0.6 is 11.3 Å². The molecule has 10 nitrogen and oxygen atoms in total. The average Bonchev–Trinajstić information content (AvgIpc) is 3.55. The minimum atomic E-state index is -3.61. The monoisotopic (exact) mass is 493 g/mol. The van der Waals surface area contributed by atoms with Crippen LogP contribution in [0.3, 0.4) is 0 Å². The van der Waals surface area contributed by atoms with E-state index in [9.17, 15) is 13.2 Å². The minimum absolute atomic E-state index is 0.0806. The van der Waals surface area contributed by atoms with E-state index in [2.05, 4.69) is 10.1 Å². The Hall–Kier alpha value is -2.96. The van der Waals surface area contributed by atoms with Gasteiger partial charge in [-0.1, -0.05) is 11.2 Å². The molecule has 2 aromatic heterocycles. The first-order valence-corrected chi connectivity index (χ1v) is 12.5. The zero-order chi connectivity index (χ0) is 23.4. The molecule has 33 heavy (non-hydrogen) atoms. The second-order valence-electron chi connectivity index (χ2n) is 7.32. The lowest BCUT2D eigenvalue weighted by molar-refractivity contribution is -0.151. The van der Waals surface area contributed by atoms with Gasteiger partial charge in [0.1, 0.15) is 15.7 Å². The number of methoxy groups -OCH3 is 2. The fraction of sp³-hybridized carbons (Fsp3) is 0.381. The number of rotatable bonds is 8. The number of esters is 1. The van der Waals surface area contributed by atoms with Gasteiger partial charge in [-0.15, -0.1) is 11.3 Å². The van der Waals surface area contributed by atoms with Gasteiger partial charge in [-0.2, -0.15) is 9.29 Å². The lowest BCUT2D eigenvalue weighted by Crippen LogP contribution is -2.42. The van der Waals surface area contributed by atoms with E-state index in [4.69, 9.17) is 18.7 Å². The number of sulfonamides is 1. The van der Waals surface area contributed by atoms with E-state index in [1.807, 2.05) is 0 Å². The van der Waals surface area contributed by atoms with E-state index in [0.29, 0.717) is 36.4 Å². The number of ether oxygens (including phenoxy) is 3. The van der Waals surface area contributed by atoms with E-state index >= 15 is 0 Å². The summed E-state index contributed by atoms with van der Waals surface area (Å²) in [5.41, 5.74) is 0.598. The van der Waals surface area contributed by atoms with E-state index in [0.717, 1.165) is 11.3 Å². The third-order valence-electron chi connectivity index (χ3n) is 5.26. The Balaban J connectivity index is 1.38. The zero-order valence-corrected chi connectivity index (χ0v) is 19.7. The molecule has 1 aliphatic heterocycles. The van der Waals surface area contributed by atoms with Crippen LogP contribution in [0.25, 0.3) is 11.4 Å². The van der Waals surface area contributed by atoms with Gasteiger partial charge in [0, 0.05) is 19.2 Å². The molecule has 1 unspecified atom stereocenters. The van der Waals surface area contributed by atoms with Gasteiger partial charge in [-0.25, -0.2) is 8.42 Å². The fourth-order valence-electron chi connectivity index (χ4n) is 3.55. The summed E-state index contributed by atoms with van der Waals surface area (Å²) in [5, 5.41) is 5.64. The molecule has 3 aromatic rings. The Labute approximate surface area is 195 Å². The van der Waals surface area contributed by atoms with Crippen LogP contribution in [0.5, 0.6) is 11.5 Å². The van der Waals surface area contributed by atoms with Crippen molar-refractivity contribution in [3.8, 4) is 22.9 Å². The number of thiophene rings is 1. The SMILES string of the molecule is COc1ccc(-c2noc(COC(=O)C3CCCN(S(=O)(=O)c4cccs4)C3)n2)c(OC)c1. The van der Waals surface area contributed by atoms with Crippen LogP contribution < -0.4 is 9.47 Å². The minimum Gasteiger partial charge on any atom is -0.497 e. The van der Waals surface area contributed by atoms with Crippen molar-refractivity contribution >= 4 is 27.3 Å². The van der Waals surface area contributed by atoms with Crippen molar-refractivity contribution in [2.75, 3.05) is 27.3 Å². The standard InChI is InChI=1S/C21H23N3O7S2/c1-28-15-7-8-16(17(11-15)29-2)20-22-18(31-23-20)13-30-21(25)14-5-3-9-24(12-14)33(26,27)19-6-4-10-32-19/h4,6-8,10-11,14H,3,5,9,12-13H2,1-2H3. The number of carbonyl (C=O) groups excluding carboxylic acids is 1. The van der Waals surface area contributed by atoms with Gasteiger partial charge in [0.25, 0.3) is 15.9 Å². The van der Waals surface area contributed by atoms with E-state index in [-0.39, 0.29) is 29.1 Å². The molecule has 1 fully saturated rings. The molecule has 176 valence electrons. The Morgan fingerprint density at radius 1 is 1.27 bits per heavy atom. The van der Waals surface area contributed by atoms with Crippen LogP contribution in [0.2, 0.25) is 0 Å². The van der Waals surface area contributed by atoms with Crippen molar-refractivity contribution in [1.29, 1.82) is 0 Å². The largest absolute Gasteiger partial charge is 0.497 e. The predicted molar refractivity (Wildman–Crippen MR) is 118 cm³/mol. The first-order chi connectivity index (χ1) is 15.9. The van der Waals surface area contributed by atoms with Gasteiger partial charge >= 0.3 is 5.97 Å². The molecule has 3 heterocycles. The summed E-state index contributed by atoms with van der Waals surface area (Å²) in [4.78, 5) is 16.9. The number of carbonyl (C=O) groups is 1. The third kappa shape index (κ3) is 5.02. The predicted octanol–water partition coefficient (Wildman–Crippen LogP) is 2.96. The Morgan fingerprint density at radius 3 is 2.85 bits per heavy atom. The molecule has 0 aliphatic carbocycles. The fourth-order valence-corrected chi connectivity index (χ4v) is 6.22. The summed E-state index contributed by atoms with van der Waals surface area (Å²) >= 11 is 1.16. The molecule has 0 spiro atoms. The first kappa shape index (κ1) is 23.2. The lowest BCUT2D eigenvalue weighted by atomic mass is 10.0. The first-order valence-electron chi connectivity index (χ1n) is 10.2. The number of benzene rings is 1. The van der Waals surface area contributed by atoms with Crippen LogP contribution in [0.15, 0.2) is 44.4 Å². The Bertz CT molecular complexity index is 1210. The van der Waals surface area contributed by atoms with Gasteiger partial charge in [0.15, 0.2) is 6.61 Å². The van der Waals surface area contributed by atoms with E-state index in [1.165, 1.54) is 11.4 Å². The third-order valence-corrected chi connectivity index (χ3v) is 8.50. The number of nitrogens with zero attached hydrogens (tertiary/aromatic N) is 3. The van der Waals surface area contributed by atoms with Crippen LogP contribution in [-0.4, -0.2) is 56.1 Å². The number of piperidine rings is 1. The van der Waals surface area contributed by atoms with Crippen LogP contribution in [0.1, 0.15) is 18.7 Å². The van der Waals surface area contributed by atoms with Gasteiger partial charge in [0.05, 0.1) is 25.7 Å². The quantitative estimate of drug-likeness (QED) is 0.436. The topological polar surface area (TPSA) is 121 Å². The van der Waals surface area contributed by atoms with Gasteiger partial charge in [-0.3, -0.25) is 4.79 Å². The molecular weight excluding hydrogens is 470 g/mol. The van der Waals surface area contributed by atoms with Gasteiger partial charge in [-0.05, 0) is 36.4 Å². The molecule has 0 N–H and O–H groups in total. The highest BCUT2D eigenvalue weighted by Crippen LogP contribution is 2.32. The molecule has 12 heteroatoms. The maximum atomic E-state index is 12.8. The molecule has 0 bridgehead atoms. The average molecular weight is 494 g/mol. The van der Waals surface area contributed by atoms with Gasteiger partial charge < -0.3 is 18.7 Å². The van der Waals surface area contributed by atoms with E-state index in [1.54, 1.807) is 42.8 Å². The van der Waals surface area contributed by atoms with Crippen LogP contribution in [0.4, 0.5) is 0 Å². The summed E-state index contributed by atoms with van der Waals surface area (Å²) < 4.78 is 48.2. The summed E-state index contributed by atoms with van der Waals surface area (Å²) in [6, 6.07) is 8.43. The van der Waals surface area contributed by atoms with Crippen LogP contribution in [-0.2, 0) is 26.2 Å². The Morgan fingerprint density at radius 2 is 2.12 bits per heavy atom. The summed E-state index contributed by atoms with van der Waals surface area (Å²) in [5.74, 6) is 0.478. The zero-order valence-electron chi connectivity index (χ0n) is 18.1. The highest BCUT2D eigenvalue weighted by atomic mass is 32.2. The maximum absolute atomic E-state index is 12.8. The molecule has 0 saturated carbocycles. The number of hydrogen-bond donors (Lipinski definition) is 0. The van der Waals surface area contributed by atoms with Crippen molar-refractivity contribution in [3.05, 3.63) is 41.6 Å². The van der Waals surface area contributed by atoms with Crippen molar-refractivity contribution in [2.45, 2.75) is 23.7 Å². The molecular formula is C21H23N3O7S2. The highest BCUT2D eigenvalue weighted by Gasteiger charge is 2.34. The molecule has 4 rings (SSSR count). The smallest absolute Gasteiger partial charge is 0.310 e. The second kappa shape index (κ2) is 9.89. The molecule has 1 aliphatic rings. The van der Waals surface area contributed by atoms with Crippen molar-refractivity contribution in [3.63, 3.8) is 0 Å². The molecule has 0 amide bonds. The normalized spacial score (nSPS) is 17.0. The number of hydrogen-bond acceptors (Lipinski definition) is 10. The Kier molecular flexibility index (Phi) is 6.96. The summed E-state index contributed by atoms with van der Waals surface area (Å²) in [6.07, 6.45) is 1.12. The number of aromatic nitrogens is 2. The summed E-state index contributed by atoms with van der Waals surface area (Å²) in [6.45, 7) is 0.246. The van der Waals surface area contributed by atoms with Crippen molar-refractivity contribution in [1.82, 2.24) is 14.4 Å². The maximum Gasteiger partial charge on any atom is 0.310 e. The summed E-state index contributed by atoms with van der Waals surface area (Å²) in [7, 11) is -0.534. The highest BCUT2D eigenvalue weighted by molar-refractivity contribution is 7.91. The lowest BCUT2D eigenvalue weighted by Gasteiger charge is -2.30.